The number of rotatable bonds is 5. The Bertz CT molecular complexity index is 751. The predicted molar refractivity (Wildman–Crippen MR) is 99.9 cm³/mol. The van der Waals surface area contributed by atoms with Crippen molar-refractivity contribution in [2.24, 2.45) is 0 Å². The molecule has 0 saturated carbocycles. The first kappa shape index (κ1) is 17.3. The molecule has 2 fully saturated rings. The van der Waals surface area contributed by atoms with Crippen LogP contribution in [0.2, 0.25) is 0 Å². The molecule has 2 bridgehead atoms. The number of carbonyl (C=O) groups excluding carboxylic acids is 1. The Hall–Kier alpha value is -2.12. The van der Waals surface area contributed by atoms with Crippen LogP contribution in [0.25, 0.3) is 0 Å². The van der Waals surface area contributed by atoms with Gasteiger partial charge in [0, 0.05) is 29.6 Å². The summed E-state index contributed by atoms with van der Waals surface area (Å²) in [5.74, 6) is 1.29. The van der Waals surface area contributed by atoms with E-state index in [0.717, 1.165) is 38.0 Å². The van der Waals surface area contributed by atoms with Crippen molar-refractivity contribution < 1.29 is 14.3 Å². The zero-order valence-electron chi connectivity index (χ0n) is 14.8. The van der Waals surface area contributed by atoms with Crippen LogP contribution >= 0.6 is 11.3 Å². The van der Waals surface area contributed by atoms with E-state index in [0.29, 0.717) is 35.8 Å². The Kier molecular flexibility index (Phi) is 5.08. The molecule has 4 rings (SSSR count). The third-order valence-electron chi connectivity index (χ3n) is 5.16. The summed E-state index contributed by atoms with van der Waals surface area (Å²) < 4.78 is 11.3. The number of nitrogens with zero attached hydrogens (tertiary/aromatic N) is 2. The zero-order chi connectivity index (χ0) is 17.9. The summed E-state index contributed by atoms with van der Waals surface area (Å²) >= 11 is 1.54. The first-order valence-corrected chi connectivity index (χ1v) is 9.92. The average molecular weight is 373 g/mol. The summed E-state index contributed by atoms with van der Waals surface area (Å²) in [6.45, 7) is 2.25. The van der Waals surface area contributed by atoms with Gasteiger partial charge in [-0.05, 0) is 44.0 Å². The van der Waals surface area contributed by atoms with Gasteiger partial charge in [-0.25, -0.2) is 4.98 Å². The minimum atomic E-state index is 0.0885. The Labute approximate surface area is 157 Å². The monoisotopic (exact) mass is 373 g/mol. The molecule has 6 nitrogen and oxygen atoms in total. The highest BCUT2D eigenvalue weighted by molar-refractivity contribution is 7.07. The summed E-state index contributed by atoms with van der Waals surface area (Å²) in [4.78, 5) is 19.4. The third kappa shape index (κ3) is 3.41. The Morgan fingerprint density at radius 3 is 3.00 bits per heavy atom. The molecular weight excluding hydrogens is 350 g/mol. The molecule has 0 aliphatic carbocycles. The maximum Gasteiger partial charge on any atom is 0.254 e. The molecule has 2 atom stereocenters. The van der Waals surface area contributed by atoms with Crippen LogP contribution in [0.4, 0.5) is 0 Å². The van der Waals surface area contributed by atoms with Crippen LogP contribution < -0.4 is 14.8 Å². The molecule has 0 radical (unpaired) electrons. The van der Waals surface area contributed by atoms with Crippen LogP contribution in [0.3, 0.4) is 0 Å². The number of hydrogen-bond donors (Lipinski definition) is 1. The number of amides is 1. The van der Waals surface area contributed by atoms with Gasteiger partial charge in [-0.2, -0.15) is 0 Å². The van der Waals surface area contributed by atoms with Crippen molar-refractivity contribution in [1.82, 2.24) is 15.2 Å². The normalized spacial score (nSPS) is 22.1. The van der Waals surface area contributed by atoms with E-state index in [2.05, 4.69) is 15.2 Å². The van der Waals surface area contributed by atoms with Gasteiger partial charge in [-0.1, -0.05) is 0 Å². The lowest BCUT2D eigenvalue weighted by Crippen LogP contribution is -2.42. The lowest BCUT2D eigenvalue weighted by atomic mass is 10.1. The van der Waals surface area contributed by atoms with Gasteiger partial charge in [0.1, 0.15) is 6.61 Å². The van der Waals surface area contributed by atoms with Crippen LogP contribution in [0, 0.1) is 0 Å². The summed E-state index contributed by atoms with van der Waals surface area (Å²) in [6.07, 6.45) is 3.20. The van der Waals surface area contributed by atoms with Gasteiger partial charge >= 0.3 is 0 Å². The molecule has 1 N–H and O–H groups in total. The minimum Gasteiger partial charge on any atom is -0.493 e. The van der Waals surface area contributed by atoms with Crippen molar-refractivity contribution in [2.45, 2.75) is 38.0 Å². The molecule has 26 heavy (non-hydrogen) atoms. The Morgan fingerprint density at radius 2 is 2.19 bits per heavy atom. The van der Waals surface area contributed by atoms with Crippen molar-refractivity contribution in [3.63, 3.8) is 0 Å². The van der Waals surface area contributed by atoms with E-state index in [1.165, 1.54) is 11.3 Å². The number of nitrogens with one attached hydrogen (secondary N) is 1. The van der Waals surface area contributed by atoms with Gasteiger partial charge in [-0.15, -0.1) is 11.3 Å². The molecule has 2 aliphatic rings. The number of fused-ring (bicyclic) bond motifs is 2. The van der Waals surface area contributed by atoms with Gasteiger partial charge in [0.25, 0.3) is 5.91 Å². The Balaban J connectivity index is 1.52. The van der Waals surface area contributed by atoms with Gasteiger partial charge in [0.15, 0.2) is 11.5 Å². The number of aromatic nitrogens is 1. The fourth-order valence-corrected chi connectivity index (χ4v) is 4.39. The van der Waals surface area contributed by atoms with Crippen LogP contribution in [-0.4, -0.2) is 48.1 Å². The highest BCUT2D eigenvalue weighted by atomic mass is 32.1. The van der Waals surface area contributed by atoms with Crippen molar-refractivity contribution in [3.05, 3.63) is 40.3 Å². The predicted octanol–water partition coefficient (Wildman–Crippen LogP) is 2.70. The SMILES string of the molecule is COc1cc(C(=O)N2C3CCNCC2CC3)ccc1OCc1cscn1. The van der Waals surface area contributed by atoms with E-state index in [1.54, 1.807) is 18.7 Å². The molecule has 1 amide bonds. The van der Waals surface area contributed by atoms with Crippen LogP contribution in [-0.2, 0) is 6.61 Å². The summed E-state index contributed by atoms with van der Waals surface area (Å²) in [6, 6.07) is 6.07. The lowest BCUT2D eigenvalue weighted by molar-refractivity contribution is 0.0680. The maximum atomic E-state index is 13.1. The fourth-order valence-electron chi connectivity index (χ4n) is 3.84. The maximum absolute atomic E-state index is 13.1. The molecule has 2 saturated heterocycles. The first-order valence-electron chi connectivity index (χ1n) is 8.97. The van der Waals surface area contributed by atoms with Crippen molar-refractivity contribution >= 4 is 17.2 Å². The molecule has 3 heterocycles. The van der Waals surface area contributed by atoms with Gasteiger partial charge in [0.2, 0.25) is 0 Å². The Morgan fingerprint density at radius 1 is 1.31 bits per heavy atom. The molecule has 138 valence electrons. The largest absolute Gasteiger partial charge is 0.493 e. The van der Waals surface area contributed by atoms with Crippen LogP contribution in [0.5, 0.6) is 11.5 Å². The van der Waals surface area contributed by atoms with Gasteiger partial charge in [0.05, 0.1) is 18.3 Å². The molecule has 1 aromatic carbocycles. The second-order valence-corrected chi connectivity index (χ2v) is 7.44. The van der Waals surface area contributed by atoms with Crippen molar-refractivity contribution in [3.8, 4) is 11.5 Å². The van der Waals surface area contributed by atoms with Crippen LogP contribution in [0.1, 0.15) is 35.3 Å². The van der Waals surface area contributed by atoms with E-state index < -0.39 is 0 Å². The number of hydrogen-bond acceptors (Lipinski definition) is 6. The third-order valence-corrected chi connectivity index (χ3v) is 5.79. The molecule has 2 aliphatic heterocycles. The summed E-state index contributed by atoms with van der Waals surface area (Å²) in [5, 5.41) is 5.38. The quantitative estimate of drug-likeness (QED) is 0.873. The molecule has 0 spiro atoms. The van der Waals surface area contributed by atoms with E-state index in [9.17, 15) is 4.79 Å². The second kappa shape index (κ2) is 7.63. The number of methoxy groups -OCH3 is 1. The van der Waals surface area contributed by atoms with Gasteiger partial charge in [-0.3, -0.25) is 4.79 Å². The number of ether oxygens (including phenoxy) is 2. The minimum absolute atomic E-state index is 0.0885. The van der Waals surface area contributed by atoms with E-state index in [1.807, 2.05) is 17.5 Å². The highest BCUT2D eigenvalue weighted by Gasteiger charge is 2.38. The summed E-state index contributed by atoms with van der Waals surface area (Å²) in [7, 11) is 1.60. The highest BCUT2D eigenvalue weighted by Crippen LogP contribution is 2.33. The standard InChI is InChI=1S/C19H23N3O3S/c1-24-18-8-13(2-5-17(18)25-10-14-11-26-12-21-14)19(23)22-15-3-4-16(22)9-20-7-6-15/h2,5,8,11-12,15-16,20H,3-4,6-7,9-10H2,1H3. The molecule has 2 aromatic rings. The zero-order valence-corrected chi connectivity index (χ0v) is 15.6. The topological polar surface area (TPSA) is 63.7 Å². The van der Waals surface area contributed by atoms with E-state index in [-0.39, 0.29) is 5.91 Å². The van der Waals surface area contributed by atoms with E-state index >= 15 is 0 Å². The van der Waals surface area contributed by atoms with Crippen LogP contribution in [0.15, 0.2) is 29.1 Å². The van der Waals surface area contributed by atoms with E-state index in [4.69, 9.17) is 9.47 Å². The first-order chi connectivity index (χ1) is 12.8. The van der Waals surface area contributed by atoms with Crippen molar-refractivity contribution in [1.29, 1.82) is 0 Å². The molecule has 2 unspecified atom stereocenters. The summed E-state index contributed by atoms with van der Waals surface area (Å²) in [5.41, 5.74) is 3.31. The second-order valence-electron chi connectivity index (χ2n) is 6.72. The molecule has 7 heteroatoms. The smallest absolute Gasteiger partial charge is 0.254 e. The lowest BCUT2D eigenvalue weighted by Gasteiger charge is -2.28. The molecule has 1 aromatic heterocycles. The van der Waals surface area contributed by atoms with Gasteiger partial charge < -0.3 is 19.7 Å². The fraction of sp³-hybridized carbons (Fsp3) is 0.474. The van der Waals surface area contributed by atoms with Crippen molar-refractivity contribution in [2.75, 3.05) is 20.2 Å². The molecular formula is C19H23N3O3S. The number of carbonyl (C=O) groups is 1. The number of benzene rings is 1. The number of thiazole rings is 1. The average Bonchev–Trinajstić information content (AvgIpc) is 3.26.